The number of nitrogens with zero attached hydrogens (tertiary/aromatic N) is 1. The maximum atomic E-state index is 5.99. The van der Waals surface area contributed by atoms with Gasteiger partial charge in [-0.3, -0.25) is 0 Å². The van der Waals surface area contributed by atoms with Crippen molar-refractivity contribution in [2.75, 3.05) is 14.2 Å². The summed E-state index contributed by atoms with van der Waals surface area (Å²) in [5.41, 5.74) is 2.68. The molecular weight excluding hydrogens is 286 g/mol. The van der Waals surface area contributed by atoms with E-state index in [2.05, 4.69) is 4.98 Å². The van der Waals surface area contributed by atoms with Gasteiger partial charge in [0, 0.05) is 22.0 Å². The highest BCUT2D eigenvalue weighted by atomic mass is 35.5. The minimum atomic E-state index is 0.707. The summed E-state index contributed by atoms with van der Waals surface area (Å²) in [5.74, 6) is 1.48. The monoisotopic (exact) mass is 299 g/mol. The SMILES string of the molecule is COc1ccc(-c2ccc3cc(Cl)ccc3n2)c(OC)c1. The fraction of sp³-hybridized carbons (Fsp3) is 0.118. The van der Waals surface area contributed by atoms with Crippen LogP contribution < -0.4 is 9.47 Å². The predicted molar refractivity (Wildman–Crippen MR) is 85.3 cm³/mol. The number of halogens is 1. The minimum absolute atomic E-state index is 0.707. The molecule has 0 aliphatic carbocycles. The Morgan fingerprint density at radius 2 is 1.76 bits per heavy atom. The molecule has 0 unspecified atom stereocenters. The van der Waals surface area contributed by atoms with Gasteiger partial charge in [-0.05, 0) is 36.4 Å². The first-order valence-electron chi connectivity index (χ1n) is 6.50. The van der Waals surface area contributed by atoms with Crippen LogP contribution in [0.5, 0.6) is 11.5 Å². The van der Waals surface area contributed by atoms with Crippen molar-refractivity contribution in [1.82, 2.24) is 4.98 Å². The molecule has 106 valence electrons. The molecule has 3 aromatic rings. The second-order valence-corrected chi connectivity index (χ2v) is 5.04. The van der Waals surface area contributed by atoms with Gasteiger partial charge in [0.2, 0.25) is 0 Å². The van der Waals surface area contributed by atoms with Crippen LogP contribution in [0.25, 0.3) is 22.2 Å². The van der Waals surface area contributed by atoms with Gasteiger partial charge in [-0.25, -0.2) is 4.98 Å². The summed E-state index contributed by atoms with van der Waals surface area (Å²) in [6.45, 7) is 0. The van der Waals surface area contributed by atoms with Gasteiger partial charge in [0.05, 0.1) is 25.4 Å². The van der Waals surface area contributed by atoms with Gasteiger partial charge in [0.15, 0.2) is 0 Å². The first-order chi connectivity index (χ1) is 10.2. The molecule has 21 heavy (non-hydrogen) atoms. The Balaban J connectivity index is 2.13. The van der Waals surface area contributed by atoms with E-state index in [0.29, 0.717) is 5.02 Å². The van der Waals surface area contributed by atoms with E-state index in [1.54, 1.807) is 14.2 Å². The lowest BCUT2D eigenvalue weighted by Gasteiger charge is -2.10. The van der Waals surface area contributed by atoms with E-state index in [9.17, 15) is 0 Å². The summed E-state index contributed by atoms with van der Waals surface area (Å²) in [6.07, 6.45) is 0. The van der Waals surface area contributed by atoms with Gasteiger partial charge in [-0.2, -0.15) is 0 Å². The molecular formula is C17H14ClNO2. The number of hydrogen-bond donors (Lipinski definition) is 0. The summed E-state index contributed by atoms with van der Waals surface area (Å²) in [7, 11) is 3.27. The average molecular weight is 300 g/mol. The van der Waals surface area contributed by atoms with Gasteiger partial charge in [0.1, 0.15) is 11.5 Å². The van der Waals surface area contributed by atoms with Gasteiger partial charge in [-0.15, -0.1) is 0 Å². The second kappa shape index (κ2) is 5.62. The van der Waals surface area contributed by atoms with Crippen LogP contribution in [-0.2, 0) is 0 Å². The number of aromatic nitrogens is 1. The van der Waals surface area contributed by atoms with Crippen LogP contribution in [0, 0.1) is 0 Å². The van der Waals surface area contributed by atoms with E-state index in [0.717, 1.165) is 33.7 Å². The lowest BCUT2D eigenvalue weighted by molar-refractivity contribution is 0.395. The molecule has 0 aliphatic heterocycles. The third-order valence-corrected chi connectivity index (χ3v) is 3.57. The molecule has 0 fully saturated rings. The van der Waals surface area contributed by atoms with Crippen LogP contribution in [0.15, 0.2) is 48.5 Å². The fourth-order valence-corrected chi connectivity index (χ4v) is 2.44. The number of rotatable bonds is 3. The van der Waals surface area contributed by atoms with Crippen LogP contribution in [0.4, 0.5) is 0 Å². The molecule has 4 heteroatoms. The van der Waals surface area contributed by atoms with Crippen LogP contribution in [0.2, 0.25) is 5.02 Å². The zero-order valence-electron chi connectivity index (χ0n) is 11.8. The van der Waals surface area contributed by atoms with Gasteiger partial charge >= 0.3 is 0 Å². The number of ether oxygens (including phenoxy) is 2. The van der Waals surface area contributed by atoms with Gasteiger partial charge < -0.3 is 9.47 Å². The van der Waals surface area contributed by atoms with Crippen molar-refractivity contribution in [1.29, 1.82) is 0 Å². The molecule has 2 aromatic carbocycles. The zero-order valence-corrected chi connectivity index (χ0v) is 12.5. The first kappa shape index (κ1) is 13.7. The molecule has 0 amide bonds. The Morgan fingerprint density at radius 3 is 2.52 bits per heavy atom. The molecule has 0 aliphatic rings. The largest absolute Gasteiger partial charge is 0.497 e. The highest BCUT2D eigenvalue weighted by Gasteiger charge is 2.09. The van der Waals surface area contributed by atoms with E-state index in [-0.39, 0.29) is 0 Å². The normalized spacial score (nSPS) is 10.6. The minimum Gasteiger partial charge on any atom is -0.497 e. The number of fused-ring (bicyclic) bond motifs is 1. The van der Waals surface area contributed by atoms with Gasteiger partial charge in [0.25, 0.3) is 0 Å². The summed E-state index contributed by atoms with van der Waals surface area (Å²) in [6, 6.07) is 15.3. The third kappa shape index (κ3) is 2.65. The Labute approximate surface area is 128 Å². The molecule has 0 spiro atoms. The zero-order chi connectivity index (χ0) is 14.8. The van der Waals surface area contributed by atoms with E-state index < -0.39 is 0 Å². The second-order valence-electron chi connectivity index (χ2n) is 4.60. The van der Waals surface area contributed by atoms with E-state index in [1.165, 1.54) is 0 Å². The summed E-state index contributed by atoms with van der Waals surface area (Å²) in [4.78, 5) is 4.67. The van der Waals surface area contributed by atoms with E-state index >= 15 is 0 Å². The van der Waals surface area contributed by atoms with Gasteiger partial charge in [-0.1, -0.05) is 17.7 Å². The Hall–Kier alpha value is -2.26. The Kier molecular flexibility index (Phi) is 3.67. The quantitative estimate of drug-likeness (QED) is 0.710. The maximum Gasteiger partial charge on any atom is 0.131 e. The van der Waals surface area contributed by atoms with Crippen LogP contribution in [-0.4, -0.2) is 19.2 Å². The molecule has 0 bridgehead atoms. The first-order valence-corrected chi connectivity index (χ1v) is 6.88. The molecule has 0 atom stereocenters. The Morgan fingerprint density at radius 1 is 0.905 bits per heavy atom. The molecule has 1 aromatic heterocycles. The van der Waals surface area contributed by atoms with Crippen molar-refractivity contribution in [2.45, 2.75) is 0 Å². The van der Waals surface area contributed by atoms with Crippen LogP contribution in [0.1, 0.15) is 0 Å². The molecule has 0 N–H and O–H groups in total. The smallest absolute Gasteiger partial charge is 0.131 e. The van der Waals surface area contributed by atoms with Crippen LogP contribution in [0.3, 0.4) is 0 Å². The van der Waals surface area contributed by atoms with Crippen molar-refractivity contribution in [2.24, 2.45) is 0 Å². The summed E-state index contributed by atoms with van der Waals surface area (Å²) >= 11 is 5.99. The molecule has 3 rings (SSSR count). The lowest BCUT2D eigenvalue weighted by atomic mass is 10.1. The highest BCUT2D eigenvalue weighted by Crippen LogP contribution is 2.33. The maximum absolute atomic E-state index is 5.99. The van der Waals surface area contributed by atoms with E-state index in [1.807, 2.05) is 48.5 Å². The van der Waals surface area contributed by atoms with Crippen molar-refractivity contribution in [3.05, 3.63) is 53.6 Å². The topological polar surface area (TPSA) is 31.4 Å². The molecule has 0 saturated heterocycles. The van der Waals surface area contributed by atoms with Crippen molar-refractivity contribution >= 4 is 22.5 Å². The molecule has 3 nitrogen and oxygen atoms in total. The van der Waals surface area contributed by atoms with Crippen molar-refractivity contribution in [3.63, 3.8) is 0 Å². The molecule has 0 saturated carbocycles. The number of pyridine rings is 1. The predicted octanol–water partition coefficient (Wildman–Crippen LogP) is 4.57. The number of benzene rings is 2. The fourth-order valence-electron chi connectivity index (χ4n) is 2.26. The molecule has 0 radical (unpaired) electrons. The summed E-state index contributed by atoms with van der Waals surface area (Å²) in [5, 5.41) is 1.72. The third-order valence-electron chi connectivity index (χ3n) is 3.34. The van der Waals surface area contributed by atoms with Crippen molar-refractivity contribution in [3.8, 4) is 22.8 Å². The van der Waals surface area contributed by atoms with E-state index in [4.69, 9.17) is 21.1 Å². The van der Waals surface area contributed by atoms with Crippen LogP contribution >= 0.6 is 11.6 Å². The Bertz CT molecular complexity index is 802. The average Bonchev–Trinajstić information content (AvgIpc) is 2.53. The highest BCUT2D eigenvalue weighted by molar-refractivity contribution is 6.31. The number of hydrogen-bond acceptors (Lipinski definition) is 3. The summed E-state index contributed by atoms with van der Waals surface area (Å²) < 4.78 is 10.6. The lowest BCUT2D eigenvalue weighted by Crippen LogP contribution is -1.92. The number of methoxy groups -OCH3 is 2. The molecule has 1 heterocycles. The van der Waals surface area contributed by atoms with Crippen molar-refractivity contribution < 1.29 is 9.47 Å². The standard InChI is InChI=1S/C17H14ClNO2/c1-20-13-5-6-14(17(10-13)21-2)16-7-3-11-9-12(18)4-8-15(11)19-16/h3-10H,1-2H3.